The number of rotatable bonds is 8. The van der Waals surface area contributed by atoms with Gasteiger partial charge >= 0.3 is 0 Å². The van der Waals surface area contributed by atoms with Crippen LogP contribution in [0.25, 0.3) is 0 Å². The molecular weight excluding hydrogens is 404 g/mol. The van der Waals surface area contributed by atoms with Crippen LogP contribution in [0.15, 0.2) is 47.5 Å². The Balaban J connectivity index is 1.62. The highest BCUT2D eigenvalue weighted by molar-refractivity contribution is 5.81. The first-order chi connectivity index (χ1) is 15.5. The zero-order valence-corrected chi connectivity index (χ0v) is 19.6. The fraction of sp³-hybridized carbons (Fsp3) is 0.440. The molecule has 0 unspecified atom stereocenters. The summed E-state index contributed by atoms with van der Waals surface area (Å²) in [6.07, 6.45) is 1.28. The Hall–Kier alpha value is -3.22. The summed E-state index contributed by atoms with van der Waals surface area (Å²) in [6.45, 7) is 5.49. The van der Waals surface area contributed by atoms with Gasteiger partial charge in [-0.2, -0.15) is 0 Å². The van der Waals surface area contributed by atoms with Crippen LogP contribution in [0.4, 0.5) is 0 Å². The van der Waals surface area contributed by atoms with Gasteiger partial charge in [-0.15, -0.1) is 0 Å². The molecule has 0 atom stereocenters. The number of nitrogens with zero attached hydrogens (tertiary/aromatic N) is 3. The number of amides is 1. The van der Waals surface area contributed by atoms with Crippen molar-refractivity contribution in [2.45, 2.75) is 32.9 Å². The summed E-state index contributed by atoms with van der Waals surface area (Å²) >= 11 is 0. The van der Waals surface area contributed by atoms with E-state index in [9.17, 15) is 4.79 Å². The van der Waals surface area contributed by atoms with E-state index in [1.807, 2.05) is 43.4 Å². The summed E-state index contributed by atoms with van der Waals surface area (Å²) in [6, 6.07) is 14.1. The van der Waals surface area contributed by atoms with Crippen LogP contribution in [0.1, 0.15) is 30.0 Å². The Morgan fingerprint density at radius 1 is 1.12 bits per heavy atom. The monoisotopic (exact) mass is 438 g/mol. The van der Waals surface area contributed by atoms with E-state index >= 15 is 0 Å². The summed E-state index contributed by atoms with van der Waals surface area (Å²) in [5.74, 6) is 2.43. The minimum atomic E-state index is 0.0919. The molecule has 0 saturated heterocycles. The van der Waals surface area contributed by atoms with E-state index in [2.05, 4.69) is 23.2 Å². The quantitative estimate of drug-likeness (QED) is 0.507. The summed E-state index contributed by atoms with van der Waals surface area (Å²) < 4.78 is 10.9. The maximum atomic E-state index is 12.6. The van der Waals surface area contributed by atoms with Crippen molar-refractivity contribution in [1.29, 1.82) is 0 Å². The third kappa shape index (κ3) is 5.93. The molecule has 2 aromatic carbocycles. The largest absolute Gasteiger partial charge is 0.493 e. The van der Waals surface area contributed by atoms with Crippen molar-refractivity contribution in [3.05, 3.63) is 59.2 Å². The van der Waals surface area contributed by atoms with Crippen molar-refractivity contribution in [3.63, 3.8) is 0 Å². The molecule has 0 aromatic heterocycles. The standard InChI is InChI=1S/C25H34N4O3/c1-5-26-25(27-13-11-24(30)28(2)17-19-9-7-6-8-10-19)29-14-12-20-15-22(31-3)23(32-4)16-21(20)18-29/h6-10,15-16H,5,11-14,17-18H2,1-4H3,(H,26,27). The molecular formula is C25H34N4O3. The van der Waals surface area contributed by atoms with E-state index in [4.69, 9.17) is 14.5 Å². The Labute approximate surface area is 191 Å². The number of fused-ring (bicyclic) bond motifs is 1. The number of hydrogen-bond donors (Lipinski definition) is 1. The van der Waals surface area contributed by atoms with Gasteiger partial charge < -0.3 is 24.6 Å². The van der Waals surface area contributed by atoms with Crippen molar-refractivity contribution in [2.75, 3.05) is 40.9 Å². The average molecular weight is 439 g/mol. The highest BCUT2D eigenvalue weighted by atomic mass is 16.5. The topological polar surface area (TPSA) is 66.4 Å². The number of methoxy groups -OCH3 is 2. The minimum absolute atomic E-state index is 0.0919. The maximum Gasteiger partial charge on any atom is 0.224 e. The SMILES string of the molecule is CCNC(=NCCC(=O)N(C)Cc1ccccc1)N1CCc2cc(OC)c(OC)cc2C1. The maximum absolute atomic E-state index is 12.6. The number of carbonyl (C=O) groups excluding carboxylic acids is 1. The van der Waals surface area contributed by atoms with Gasteiger partial charge in [-0.25, -0.2) is 0 Å². The van der Waals surface area contributed by atoms with Crippen LogP contribution < -0.4 is 14.8 Å². The van der Waals surface area contributed by atoms with Crippen LogP contribution in [0, 0.1) is 0 Å². The van der Waals surface area contributed by atoms with Crippen LogP contribution in [0.2, 0.25) is 0 Å². The number of ether oxygens (including phenoxy) is 2. The zero-order chi connectivity index (χ0) is 22.9. The number of hydrogen-bond acceptors (Lipinski definition) is 4. The number of aliphatic imine (C=N–C) groups is 1. The molecule has 1 heterocycles. The van der Waals surface area contributed by atoms with Gasteiger partial charge in [-0.3, -0.25) is 9.79 Å². The van der Waals surface area contributed by atoms with E-state index in [1.165, 1.54) is 11.1 Å². The Bertz CT molecular complexity index is 930. The van der Waals surface area contributed by atoms with E-state index in [0.29, 0.717) is 19.5 Å². The third-order valence-electron chi connectivity index (χ3n) is 5.63. The predicted molar refractivity (Wildman–Crippen MR) is 127 cm³/mol. The van der Waals surface area contributed by atoms with E-state index in [-0.39, 0.29) is 5.91 Å². The van der Waals surface area contributed by atoms with Gasteiger partial charge in [0.1, 0.15) is 0 Å². The molecule has 1 N–H and O–H groups in total. The molecule has 1 aliphatic heterocycles. The van der Waals surface area contributed by atoms with Crippen LogP contribution in [-0.2, 0) is 24.3 Å². The normalized spacial score (nSPS) is 13.4. The number of carbonyl (C=O) groups is 1. The van der Waals surface area contributed by atoms with Crippen molar-refractivity contribution in [2.24, 2.45) is 4.99 Å². The molecule has 0 saturated carbocycles. The van der Waals surface area contributed by atoms with Crippen molar-refractivity contribution >= 4 is 11.9 Å². The molecule has 7 heteroatoms. The van der Waals surface area contributed by atoms with Crippen molar-refractivity contribution in [3.8, 4) is 11.5 Å². The fourth-order valence-corrected chi connectivity index (χ4v) is 3.88. The van der Waals surface area contributed by atoms with Crippen LogP contribution >= 0.6 is 0 Å². The predicted octanol–water partition coefficient (Wildman–Crippen LogP) is 3.08. The molecule has 0 bridgehead atoms. The second-order valence-corrected chi connectivity index (χ2v) is 7.87. The van der Waals surface area contributed by atoms with Gasteiger partial charge in [0.25, 0.3) is 0 Å². The van der Waals surface area contributed by atoms with E-state index < -0.39 is 0 Å². The molecule has 3 rings (SSSR count). The summed E-state index contributed by atoms with van der Waals surface area (Å²) in [5, 5.41) is 3.37. The molecule has 1 amide bonds. The highest BCUT2D eigenvalue weighted by Crippen LogP contribution is 2.33. The fourth-order valence-electron chi connectivity index (χ4n) is 3.88. The first kappa shape index (κ1) is 23.4. The lowest BCUT2D eigenvalue weighted by molar-refractivity contribution is -0.130. The average Bonchev–Trinajstić information content (AvgIpc) is 2.82. The molecule has 0 radical (unpaired) electrons. The Kier molecular flexibility index (Phi) is 8.36. The van der Waals surface area contributed by atoms with Gasteiger partial charge in [-0.05, 0) is 42.2 Å². The lowest BCUT2D eigenvalue weighted by Gasteiger charge is -2.32. The van der Waals surface area contributed by atoms with Gasteiger partial charge in [-0.1, -0.05) is 30.3 Å². The van der Waals surface area contributed by atoms with Gasteiger partial charge in [0, 0.05) is 39.6 Å². The Morgan fingerprint density at radius 3 is 2.47 bits per heavy atom. The van der Waals surface area contributed by atoms with Crippen LogP contribution in [0.5, 0.6) is 11.5 Å². The van der Waals surface area contributed by atoms with Gasteiger partial charge in [0.15, 0.2) is 17.5 Å². The molecule has 0 spiro atoms. The number of nitrogens with one attached hydrogen (secondary N) is 1. The molecule has 2 aromatic rings. The molecule has 0 aliphatic carbocycles. The second kappa shape index (κ2) is 11.4. The van der Waals surface area contributed by atoms with Crippen molar-refractivity contribution in [1.82, 2.24) is 15.1 Å². The number of benzene rings is 2. The van der Waals surface area contributed by atoms with Crippen molar-refractivity contribution < 1.29 is 14.3 Å². The highest BCUT2D eigenvalue weighted by Gasteiger charge is 2.21. The molecule has 32 heavy (non-hydrogen) atoms. The zero-order valence-electron chi connectivity index (χ0n) is 19.6. The van der Waals surface area contributed by atoms with E-state index in [1.54, 1.807) is 19.1 Å². The van der Waals surface area contributed by atoms with Gasteiger partial charge in [0.2, 0.25) is 5.91 Å². The second-order valence-electron chi connectivity index (χ2n) is 7.87. The molecule has 0 fully saturated rings. The summed E-state index contributed by atoms with van der Waals surface area (Å²) in [4.78, 5) is 21.3. The first-order valence-corrected chi connectivity index (χ1v) is 11.1. The lowest BCUT2D eigenvalue weighted by Crippen LogP contribution is -2.44. The number of guanidine groups is 1. The van der Waals surface area contributed by atoms with Crippen LogP contribution in [0.3, 0.4) is 0 Å². The molecule has 1 aliphatic rings. The molecule has 7 nitrogen and oxygen atoms in total. The van der Waals surface area contributed by atoms with Gasteiger partial charge in [0.05, 0.1) is 20.8 Å². The first-order valence-electron chi connectivity index (χ1n) is 11.1. The molecule has 172 valence electrons. The minimum Gasteiger partial charge on any atom is -0.493 e. The Morgan fingerprint density at radius 2 is 1.81 bits per heavy atom. The smallest absolute Gasteiger partial charge is 0.224 e. The summed E-state index contributed by atoms with van der Waals surface area (Å²) in [7, 11) is 5.16. The lowest BCUT2D eigenvalue weighted by atomic mass is 9.99. The third-order valence-corrected chi connectivity index (χ3v) is 5.63. The van der Waals surface area contributed by atoms with Crippen LogP contribution in [-0.4, -0.2) is 62.6 Å². The summed E-state index contributed by atoms with van der Waals surface area (Å²) in [5.41, 5.74) is 3.60. The van der Waals surface area contributed by atoms with E-state index in [0.717, 1.165) is 49.1 Å².